The van der Waals surface area contributed by atoms with Crippen LogP contribution in [0.5, 0.6) is 0 Å². The van der Waals surface area contributed by atoms with Crippen LogP contribution in [0.25, 0.3) is 0 Å². The third-order valence-corrected chi connectivity index (χ3v) is 4.74. The summed E-state index contributed by atoms with van der Waals surface area (Å²) in [5, 5.41) is 10.2. The summed E-state index contributed by atoms with van der Waals surface area (Å²) in [5.41, 5.74) is -0.426. The molecule has 0 spiro atoms. The standard InChI is InChI=1S/C13H14Br2F3N5O/c1-7-8(14)6-23(20-7)5-3-4-19-12(24)10-9(15)11(13(16,17)18)21-22(10)2/h6H,3-5H2,1-2H3,(H,19,24). The van der Waals surface area contributed by atoms with Crippen LogP contribution in [0.2, 0.25) is 0 Å². The third-order valence-electron chi connectivity index (χ3n) is 3.21. The molecule has 0 saturated carbocycles. The highest BCUT2D eigenvalue weighted by molar-refractivity contribution is 9.10. The van der Waals surface area contributed by atoms with E-state index in [1.54, 1.807) is 4.68 Å². The van der Waals surface area contributed by atoms with E-state index in [1.807, 2.05) is 13.1 Å². The van der Waals surface area contributed by atoms with Crippen molar-refractivity contribution < 1.29 is 18.0 Å². The van der Waals surface area contributed by atoms with Crippen molar-refractivity contribution in [2.24, 2.45) is 7.05 Å². The molecule has 24 heavy (non-hydrogen) atoms. The van der Waals surface area contributed by atoms with Gasteiger partial charge in [0.1, 0.15) is 5.69 Å². The van der Waals surface area contributed by atoms with Gasteiger partial charge in [-0.25, -0.2) is 0 Å². The molecule has 0 radical (unpaired) electrons. The smallest absolute Gasteiger partial charge is 0.351 e. The fraction of sp³-hybridized carbons (Fsp3) is 0.462. The van der Waals surface area contributed by atoms with Crippen LogP contribution in [0.3, 0.4) is 0 Å². The Morgan fingerprint density at radius 2 is 2.00 bits per heavy atom. The minimum Gasteiger partial charge on any atom is -0.351 e. The number of hydrogen-bond acceptors (Lipinski definition) is 3. The van der Waals surface area contributed by atoms with Crippen molar-refractivity contribution in [3.63, 3.8) is 0 Å². The summed E-state index contributed by atoms with van der Waals surface area (Å²) in [4.78, 5) is 12.1. The molecule has 0 unspecified atom stereocenters. The number of rotatable bonds is 5. The van der Waals surface area contributed by atoms with E-state index in [-0.39, 0.29) is 10.2 Å². The van der Waals surface area contributed by atoms with Crippen LogP contribution >= 0.6 is 31.9 Å². The number of halogens is 5. The number of carbonyl (C=O) groups is 1. The fourth-order valence-corrected chi connectivity index (χ4v) is 3.12. The Labute approximate surface area is 152 Å². The van der Waals surface area contributed by atoms with Crippen LogP contribution in [-0.4, -0.2) is 32.0 Å². The van der Waals surface area contributed by atoms with Gasteiger partial charge in [0.15, 0.2) is 5.69 Å². The maximum Gasteiger partial charge on any atom is 0.436 e. The Kier molecular flexibility index (Phi) is 5.74. The SMILES string of the molecule is Cc1nn(CCCNC(=O)c2c(Br)c(C(F)(F)F)nn2C)cc1Br. The number of alkyl halides is 3. The first-order valence-corrected chi connectivity index (χ1v) is 8.47. The van der Waals surface area contributed by atoms with Gasteiger partial charge in [0, 0.05) is 26.3 Å². The second kappa shape index (κ2) is 7.26. The van der Waals surface area contributed by atoms with Crippen molar-refractivity contribution in [1.29, 1.82) is 0 Å². The highest BCUT2D eigenvalue weighted by Gasteiger charge is 2.39. The molecule has 1 amide bonds. The number of amides is 1. The van der Waals surface area contributed by atoms with Crippen molar-refractivity contribution in [1.82, 2.24) is 24.9 Å². The highest BCUT2D eigenvalue weighted by atomic mass is 79.9. The molecule has 0 aliphatic rings. The lowest BCUT2D eigenvalue weighted by atomic mass is 10.3. The molecule has 0 aliphatic carbocycles. The maximum absolute atomic E-state index is 12.8. The van der Waals surface area contributed by atoms with E-state index >= 15 is 0 Å². The molecular weight excluding hydrogens is 459 g/mol. The molecule has 6 nitrogen and oxygen atoms in total. The summed E-state index contributed by atoms with van der Waals surface area (Å²) in [6.07, 6.45) is -2.22. The summed E-state index contributed by atoms with van der Waals surface area (Å²) >= 11 is 6.16. The molecule has 0 bridgehead atoms. The summed E-state index contributed by atoms with van der Waals surface area (Å²) in [7, 11) is 1.29. The van der Waals surface area contributed by atoms with Crippen molar-refractivity contribution in [3.05, 3.63) is 32.2 Å². The highest BCUT2D eigenvalue weighted by Crippen LogP contribution is 2.35. The molecule has 2 aromatic rings. The summed E-state index contributed by atoms with van der Waals surface area (Å²) < 4.78 is 41.5. The van der Waals surface area contributed by atoms with Crippen molar-refractivity contribution in [2.45, 2.75) is 26.1 Å². The Bertz CT molecular complexity index is 734. The minimum atomic E-state index is -4.62. The third kappa shape index (κ3) is 4.18. The molecular formula is C13H14Br2F3N5O. The van der Waals surface area contributed by atoms with Gasteiger partial charge in [-0.05, 0) is 45.2 Å². The van der Waals surface area contributed by atoms with Crippen molar-refractivity contribution in [3.8, 4) is 0 Å². The Morgan fingerprint density at radius 3 is 2.50 bits per heavy atom. The molecule has 2 rings (SSSR count). The average molecular weight is 473 g/mol. The molecule has 11 heteroatoms. The van der Waals surface area contributed by atoms with Gasteiger partial charge in [-0.15, -0.1) is 0 Å². The van der Waals surface area contributed by atoms with Gasteiger partial charge in [0.2, 0.25) is 0 Å². The van der Waals surface area contributed by atoms with E-state index in [0.717, 1.165) is 14.8 Å². The molecule has 0 saturated heterocycles. The maximum atomic E-state index is 12.8. The van der Waals surface area contributed by atoms with E-state index in [2.05, 4.69) is 47.4 Å². The summed E-state index contributed by atoms with van der Waals surface area (Å²) in [6, 6.07) is 0. The Morgan fingerprint density at radius 1 is 1.33 bits per heavy atom. The van der Waals surface area contributed by atoms with E-state index in [4.69, 9.17) is 0 Å². The minimum absolute atomic E-state index is 0.167. The van der Waals surface area contributed by atoms with Crippen LogP contribution in [0.1, 0.15) is 28.3 Å². The molecule has 0 aromatic carbocycles. The van der Waals surface area contributed by atoms with Gasteiger partial charge in [-0.1, -0.05) is 0 Å². The van der Waals surface area contributed by atoms with E-state index < -0.39 is 17.8 Å². The zero-order chi connectivity index (χ0) is 18.1. The van der Waals surface area contributed by atoms with Crippen molar-refractivity contribution in [2.75, 3.05) is 6.54 Å². The molecule has 2 heterocycles. The molecule has 2 aromatic heterocycles. The second-order valence-corrected chi connectivity index (χ2v) is 6.71. The first-order chi connectivity index (χ1) is 11.1. The molecule has 0 atom stereocenters. The van der Waals surface area contributed by atoms with E-state index in [9.17, 15) is 18.0 Å². The lowest BCUT2D eigenvalue weighted by Crippen LogP contribution is -2.27. The molecule has 0 fully saturated rings. The second-order valence-electron chi connectivity index (χ2n) is 5.07. The average Bonchev–Trinajstić information content (AvgIpc) is 2.94. The van der Waals surface area contributed by atoms with E-state index in [1.165, 1.54) is 7.05 Å². The topological polar surface area (TPSA) is 64.7 Å². The van der Waals surface area contributed by atoms with Gasteiger partial charge in [-0.2, -0.15) is 23.4 Å². The Hall–Kier alpha value is -1.36. The molecule has 0 aliphatic heterocycles. The van der Waals surface area contributed by atoms with Crippen LogP contribution in [0.4, 0.5) is 13.2 Å². The quantitative estimate of drug-likeness (QED) is 0.679. The lowest BCUT2D eigenvalue weighted by Gasteiger charge is -2.06. The van der Waals surface area contributed by atoms with Gasteiger partial charge >= 0.3 is 6.18 Å². The van der Waals surface area contributed by atoms with Crippen LogP contribution in [0.15, 0.2) is 15.1 Å². The monoisotopic (exact) mass is 471 g/mol. The summed E-state index contributed by atoms with van der Waals surface area (Å²) in [6.45, 7) is 2.74. The van der Waals surface area contributed by atoms with Crippen LogP contribution in [-0.2, 0) is 19.8 Å². The van der Waals surface area contributed by atoms with Crippen molar-refractivity contribution >= 4 is 37.8 Å². The fourth-order valence-electron chi connectivity index (χ4n) is 2.06. The summed E-state index contributed by atoms with van der Waals surface area (Å²) in [5.74, 6) is -0.620. The van der Waals surface area contributed by atoms with Gasteiger partial charge < -0.3 is 5.32 Å². The van der Waals surface area contributed by atoms with Crippen LogP contribution in [0, 0.1) is 6.92 Å². The predicted octanol–water partition coefficient (Wildman–Crippen LogP) is 3.29. The number of aryl methyl sites for hydroxylation is 3. The number of aromatic nitrogens is 4. The van der Waals surface area contributed by atoms with Gasteiger partial charge in [0.25, 0.3) is 5.91 Å². The number of hydrogen-bond donors (Lipinski definition) is 1. The lowest BCUT2D eigenvalue weighted by molar-refractivity contribution is -0.142. The van der Waals surface area contributed by atoms with E-state index in [0.29, 0.717) is 19.5 Å². The first-order valence-electron chi connectivity index (χ1n) is 6.88. The number of nitrogens with one attached hydrogen (secondary N) is 1. The molecule has 1 N–H and O–H groups in total. The van der Waals surface area contributed by atoms with Gasteiger partial charge in [-0.3, -0.25) is 14.2 Å². The number of nitrogens with zero attached hydrogens (tertiary/aromatic N) is 4. The zero-order valence-corrected chi connectivity index (χ0v) is 16.0. The Balaban J connectivity index is 1.94. The van der Waals surface area contributed by atoms with Gasteiger partial charge in [0.05, 0.1) is 14.6 Å². The first kappa shape index (κ1) is 19.0. The van der Waals surface area contributed by atoms with Crippen LogP contribution < -0.4 is 5.32 Å². The zero-order valence-electron chi connectivity index (χ0n) is 12.8. The number of carbonyl (C=O) groups excluding carboxylic acids is 1. The molecule has 132 valence electrons. The normalized spacial score (nSPS) is 11.8. The predicted molar refractivity (Wildman–Crippen MR) is 87.5 cm³/mol. The largest absolute Gasteiger partial charge is 0.436 e.